The van der Waals surface area contributed by atoms with Crippen LogP contribution in [0.1, 0.15) is 54.9 Å². The third-order valence-corrected chi connectivity index (χ3v) is 5.10. The molecule has 3 rings (SSSR count). The summed E-state index contributed by atoms with van der Waals surface area (Å²) in [6.45, 7) is 4.33. The van der Waals surface area contributed by atoms with E-state index < -0.39 is 11.7 Å². The van der Waals surface area contributed by atoms with E-state index in [1.54, 1.807) is 58.4 Å². The fourth-order valence-electron chi connectivity index (χ4n) is 3.43. The van der Waals surface area contributed by atoms with Crippen molar-refractivity contribution < 1.29 is 18.0 Å². The van der Waals surface area contributed by atoms with E-state index in [0.29, 0.717) is 23.3 Å². The van der Waals surface area contributed by atoms with E-state index in [0.717, 1.165) is 31.5 Å². The number of aromatic nitrogens is 3. The van der Waals surface area contributed by atoms with Crippen LogP contribution in [0.2, 0.25) is 0 Å². The maximum atomic E-state index is 13.1. The number of carbonyl (C=O) groups is 1. The minimum atomic E-state index is -4.35. The van der Waals surface area contributed by atoms with Gasteiger partial charge >= 0.3 is 6.18 Å². The summed E-state index contributed by atoms with van der Waals surface area (Å²) in [5.41, 5.74) is 7.55. The summed E-state index contributed by atoms with van der Waals surface area (Å²) >= 11 is 0. The molecule has 0 saturated carbocycles. The van der Waals surface area contributed by atoms with Gasteiger partial charge in [0.2, 0.25) is 0 Å². The minimum Gasteiger partial charge on any atom is -0.383 e. The van der Waals surface area contributed by atoms with Gasteiger partial charge in [0, 0.05) is 38.1 Å². The molecule has 2 aromatic heterocycles. The predicted molar refractivity (Wildman–Crippen MR) is 129 cm³/mol. The van der Waals surface area contributed by atoms with Gasteiger partial charge < -0.3 is 10.6 Å². The Balaban J connectivity index is 0.000000287. The fraction of sp³-hybridized carbons (Fsp3) is 0.400. The van der Waals surface area contributed by atoms with Gasteiger partial charge in [0.25, 0.3) is 5.91 Å². The van der Waals surface area contributed by atoms with Crippen LogP contribution >= 0.6 is 0 Å². The Labute approximate surface area is 198 Å². The van der Waals surface area contributed by atoms with Gasteiger partial charge in [0.15, 0.2) is 0 Å². The molecule has 0 radical (unpaired) electrons. The van der Waals surface area contributed by atoms with Crippen LogP contribution in [0.25, 0.3) is 5.57 Å². The van der Waals surface area contributed by atoms with Crippen LogP contribution in [0.15, 0.2) is 54.3 Å². The molecule has 0 atom stereocenters. The summed E-state index contributed by atoms with van der Waals surface area (Å²) < 4.78 is 41.2. The lowest BCUT2D eigenvalue weighted by molar-refractivity contribution is -0.0883. The first-order chi connectivity index (χ1) is 16.1. The van der Waals surface area contributed by atoms with Crippen LogP contribution < -0.4 is 5.73 Å². The number of nitrogen functional groups attached to an aromatic ring is 1. The van der Waals surface area contributed by atoms with Gasteiger partial charge in [-0.25, -0.2) is 4.98 Å². The number of hydrogen-bond donors (Lipinski definition) is 1. The Kier molecular flexibility index (Phi) is 9.65. The molecule has 0 aromatic carbocycles. The number of pyridine rings is 1. The number of nitrogens with zero attached hydrogens (tertiary/aromatic N) is 4. The summed E-state index contributed by atoms with van der Waals surface area (Å²) in [6, 6.07) is 5.25. The Bertz CT molecular complexity index is 1040. The second-order valence-corrected chi connectivity index (χ2v) is 8.00. The van der Waals surface area contributed by atoms with Gasteiger partial charge in [-0.05, 0) is 56.9 Å². The first kappa shape index (κ1) is 26.9. The number of rotatable bonds is 5. The molecule has 0 fully saturated rings. The third-order valence-electron chi connectivity index (χ3n) is 5.10. The lowest BCUT2D eigenvalue weighted by Crippen LogP contribution is -2.23. The Morgan fingerprint density at radius 2 is 2.03 bits per heavy atom. The predicted octanol–water partition coefficient (Wildman–Crippen LogP) is 5.44. The third kappa shape index (κ3) is 7.33. The zero-order chi connectivity index (χ0) is 25.3. The van der Waals surface area contributed by atoms with Gasteiger partial charge in [-0.3, -0.25) is 9.48 Å². The molecule has 9 heteroatoms. The second-order valence-electron chi connectivity index (χ2n) is 8.00. The van der Waals surface area contributed by atoms with E-state index in [1.165, 1.54) is 17.1 Å². The van der Waals surface area contributed by atoms with Gasteiger partial charge in [0.1, 0.15) is 5.82 Å². The molecule has 1 amide bonds. The van der Waals surface area contributed by atoms with Crippen molar-refractivity contribution in [2.75, 3.05) is 19.8 Å². The number of alkyl halides is 3. The number of carbonyl (C=O) groups excluding carboxylic acids is 1. The van der Waals surface area contributed by atoms with E-state index in [9.17, 15) is 18.0 Å². The average Bonchev–Trinajstić information content (AvgIpc) is 3.22. The standard InChI is InChI=1S/C17H21F3N2.C8H11N3O/c1-3-7-13(11-14(8-4-2)17(18,19)20)16-12-15-9-5-6-10-22(15)21-16;1-11(2)8(12)6-4-3-5-10-7(6)9/h3,7-8,11-12H,4-6,9-10H2,1-2H3;3-5H,1-2H3,(H2,9,10)/b7-3-,13-11+,14-8-;. The average molecular weight is 476 g/mol. The molecule has 0 unspecified atom stereocenters. The van der Waals surface area contributed by atoms with E-state index in [4.69, 9.17) is 5.73 Å². The molecule has 3 heterocycles. The Hall–Kier alpha value is -3.36. The van der Waals surface area contributed by atoms with Crippen molar-refractivity contribution in [3.05, 3.63) is 71.2 Å². The second kappa shape index (κ2) is 12.2. The topological polar surface area (TPSA) is 77.0 Å². The summed E-state index contributed by atoms with van der Waals surface area (Å²) in [5.74, 6) is 0.150. The van der Waals surface area contributed by atoms with Crippen molar-refractivity contribution in [3.63, 3.8) is 0 Å². The maximum Gasteiger partial charge on any atom is 0.416 e. The zero-order valence-corrected chi connectivity index (χ0v) is 20.1. The molecule has 184 valence electrons. The monoisotopic (exact) mass is 475 g/mol. The normalized spacial score (nSPS) is 14.4. The Morgan fingerprint density at radius 3 is 2.59 bits per heavy atom. The zero-order valence-electron chi connectivity index (χ0n) is 20.1. The maximum absolute atomic E-state index is 13.1. The molecular weight excluding hydrogens is 443 g/mol. The summed E-state index contributed by atoms with van der Waals surface area (Å²) in [5, 5.41) is 4.47. The van der Waals surface area contributed by atoms with Crippen molar-refractivity contribution in [3.8, 4) is 0 Å². The molecule has 0 bridgehead atoms. The Morgan fingerprint density at radius 1 is 1.29 bits per heavy atom. The molecule has 0 spiro atoms. The smallest absolute Gasteiger partial charge is 0.383 e. The van der Waals surface area contributed by atoms with Crippen molar-refractivity contribution in [1.82, 2.24) is 19.7 Å². The first-order valence-electron chi connectivity index (χ1n) is 11.2. The molecule has 1 aliphatic rings. The molecule has 2 aromatic rings. The lowest BCUT2D eigenvalue weighted by Gasteiger charge is -2.11. The minimum absolute atomic E-state index is 0.124. The number of allylic oxidation sites excluding steroid dienone is 6. The van der Waals surface area contributed by atoms with Crippen molar-refractivity contribution in [2.45, 2.75) is 52.3 Å². The van der Waals surface area contributed by atoms with Crippen molar-refractivity contribution in [2.24, 2.45) is 0 Å². The van der Waals surface area contributed by atoms with Crippen molar-refractivity contribution in [1.29, 1.82) is 0 Å². The van der Waals surface area contributed by atoms with E-state index in [-0.39, 0.29) is 11.7 Å². The SMILES string of the molecule is CN(C)C(=O)c1cccnc1N.C\C=C/C(=C\C(=C\CC)C(F)(F)F)c1cc2n(n1)CCCC2. The number of hydrogen-bond acceptors (Lipinski definition) is 4. The highest BCUT2D eigenvalue weighted by Gasteiger charge is 2.32. The van der Waals surface area contributed by atoms with E-state index in [1.807, 2.05) is 10.7 Å². The first-order valence-corrected chi connectivity index (χ1v) is 11.2. The number of fused-ring (bicyclic) bond motifs is 1. The molecule has 1 aliphatic heterocycles. The fourth-order valence-corrected chi connectivity index (χ4v) is 3.43. The molecule has 6 nitrogen and oxygen atoms in total. The molecule has 0 aliphatic carbocycles. The highest BCUT2D eigenvalue weighted by Crippen LogP contribution is 2.30. The molecule has 0 saturated heterocycles. The number of halogens is 3. The highest BCUT2D eigenvalue weighted by atomic mass is 19.4. The highest BCUT2D eigenvalue weighted by molar-refractivity contribution is 5.97. The van der Waals surface area contributed by atoms with Gasteiger partial charge in [-0.1, -0.05) is 25.2 Å². The number of anilines is 1. The summed E-state index contributed by atoms with van der Waals surface area (Å²) in [4.78, 5) is 16.6. The number of amides is 1. The van der Waals surface area contributed by atoms with Crippen LogP contribution in [0.4, 0.5) is 19.0 Å². The summed E-state index contributed by atoms with van der Waals surface area (Å²) in [6.07, 6.45) is 6.49. The molecular formula is C25H32F3N5O. The molecule has 2 N–H and O–H groups in total. The number of nitrogens with two attached hydrogens (primary N) is 1. The van der Waals surface area contributed by atoms with Gasteiger partial charge in [-0.2, -0.15) is 18.3 Å². The van der Waals surface area contributed by atoms with Gasteiger partial charge in [-0.15, -0.1) is 0 Å². The number of aryl methyl sites for hydroxylation is 2. The van der Waals surface area contributed by atoms with Crippen LogP contribution in [-0.2, 0) is 13.0 Å². The van der Waals surface area contributed by atoms with E-state index in [2.05, 4.69) is 10.1 Å². The largest absolute Gasteiger partial charge is 0.416 e. The van der Waals surface area contributed by atoms with Gasteiger partial charge in [0.05, 0.1) is 16.8 Å². The van der Waals surface area contributed by atoms with Crippen LogP contribution in [-0.4, -0.2) is 45.8 Å². The lowest BCUT2D eigenvalue weighted by atomic mass is 10.0. The van der Waals surface area contributed by atoms with Crippen LogP contribution in [0.3, 0.4) is 0 Å². The molecule has 34 heavy (non-hydrogen) atoms. The van der Waals surface area contributed by atoms with Crippen LogP contribution in [0.5, 0.6) is 0 Å². The van der Waals surface area contributed by atoms with Crippen LogP contribution in [0, 0.1) is 0 Å². The van der Waals surface area contributed by atoms with Crippen molar-refractivity contribution >= 4 is 17.3 Å². The van der Waals surface area contributed by atoms with E-state index >= 15 is 0 Å². The summed E-state index contributed by atoms with van der Waals surface area (Å²) in [7, 11) is 3.35. The quantitative estimate of drug-likeness (QED) is 0.584.